The van der Waals surface area contributed by atoms with Crippen LogP contribution in [0.15, 0.2) is 0 Å². The summed E-state index contributed by atoms with van der Waals surface area (Å²) < 4.78 is 38.2. The molecule has 4 atom stereocenters. The van der Waals surface area contributed by atoms with E-state index in [1.165, 1.54) is 4.90 Å². The summed E-state index contributed by atoms with van der Waals surface area (Å²) in [6.45, 7) is 2.72. The van der Waals surface area contributed by atoms with Gasteiger partial charge < -0.3 is 15.3 Å². The Morgan fingerprint density at radius 1 is 1.29 bits per heavy atom. The zero-order valence-corrected chi connectivity index (χ0v) is 12.2. The third-order valence-corrected chi connectivity index (χ3v) is 4.67. The van der Waals surface area contributed by atoms with Crippen molar-refractivity contribution in [3.63, 3.8) is 0 Å². The van der Waals surface area contributed by atoms with E-state index in [4.69, 9.17) is 0 Å². The van der Waals surface area contributed by atoms with Crippen molar-refractivity contribution in [1.82, 2.24) is 10.2 Å². The second-order valence-electron chi connectivity index (χ2n) is 6.33. The molecule has 0 aromatic heterocycles. The fourth-order valence-corrected chi connectivity index (χ4v) is 3.12. The number of nitrogens with one attached hydrogen (secondary N) is 1. The summed E-state index contributed by atoms with van der Waals surface area (Å²) >= 11 is 0. The minimum Gasteiger partial charge on any atom is -0.391 e. The molecule has 2 aliphatic rings. The molecular formula is C14H23F3N2O2. The van der Waals surface area contributed by atoms with Crippen LogP contribution in [-0.4, -0.2) is 47.4 Å². The minimum absolute atomic E-state index is 0.0396. The molecule has 1 aliphatic heterocycles. The van der Waals surface area contributed by atoms with E-state index in [2.05, 4.69) is 5.32 Å². The van der Waals surface area contributed by atoms with Crippen molar-refractivity contribution >= 4 is 6.03 Å². The number of nitrogens with zero attached hydrogens (tertiary/aromatic N) is 1. The number of β-amino-alcohol motifs (C(OH)–C–C–N with tert-alkyl or cyclic N) is 1. The first-order valence-electron chi connectivity index (χ1n) is 7.57. The fraction of sp³-hybridized carbons (Fsp3) is 0.929. The summed E-state index contributed by atoms with van der Waals surface area (Å²) in [5, 5.41) is 12.5. The molecule has 0 aromatic carbocycles. The van der Waals surface area contributed by atoms with Gasteiger partial charge in [-0.2, -0.15) is 13.2 Å². The molecule has 2 amide bonds. The van der Waals surface area contributed by atoms with E-state index in [-0.39, 0.29) is 31.3 Å². The van der Waals surface area contributed by atoms with Crippen LogP contribution in [0.2, 0.25) is 0 Å². The van der Waals surface area contributed by atoms with Crippen molar-refractivity contribution in [3.05, 3.63) is 0 Å². The molecule has 1 aliphatic carbocycles. The quantitative estimate of drug-likeness (QED) is 0.782. The third-order valence-electron chi connectivity index (χ3n) is 4.67. The van der Waals surface area contributed by atoms with Gasteiger partial charge in [-0.25, -0.2) is 4.79 Å². The molecule has 4 nitrogen and oxygen atoms in total. The normalized spacial score (nSPS) is 34.6. The van der Waals surface area contributed by atoms with E-state index in [0.29, 0.717) is 25.8 Å². The summed E-state index contributed by atoms with van der Waals surface area (Å²) in [6, 6.07) is -0.775. The number of rotatable bonds is 1. The molecule has 0 spiro atoms. The molecule has 0 radical (unpaired) electrons. The van der Waals surface area contributed by atoms with Crippen LogP contribution in [-0.2, 0) is 0 Å². The Bertz CT molecular complexity index is 376. The van der Waals surface area contributed by atoms with Crippen molar-refractivity contribution in [2.24, 2.45) is 11.8 Å². The largest absolute Gasteiger partial charge is 0.391 e. The Hall–Kier alpha value is -0.980. The van der Waals surface area contributed by atoms with Gasteiger partial charge in [0, 0.05) is 19.1 Å². The Morgan fingerprint density at radius 3 is 2.62 bits per heavy atom. The number of likely N-dealkylation sites (tertiary alicyclic amines) is 1. The second kappa shape index (κ2) is 6.42. The van der Waals surface area contributed by atoms with E-state index in [9.17, 15) is 23.1 Å². The van der Waals surface area contributed by atoms with Gasteiger partial charge in [-0.1, -0.05) is 13.3 Å². The molecule has 0 bridgehead atoms. The van der Waals surface area contributed by atoms with Crippen LogP contribution < -0.4 is 5.32 Å². The van der Waals surface area contributed by atoms with Crippen molar-refractivity contribution < 1.29 is 23.1 Å². The smallest absolute Gasteiger partial charge is 0.391 e. The van der Waals surface area contributed by atoms with E-state index < -0.39 is 24.2 Å². The summed E-state index contributed by atoms with van der Waals surface area (Å²) in [7, 11) is 0. The lowest BCUT2D eigenvalue weighted by molar-refractivity contribution is -0.183. The van der Waals surface area contributed by atoms with Gasteiger partial charge in [-0.3, -0.25) is 0 Å². The van der Waals surface area contributed by atoms with E-state index in [1.54, 1.807) is 0 Å². The Balaban J connectivity index is 1.85. The van der Waals surface area contributed by atoms with Crippen LogP contribution in [0.1, 0.15) is 39.0 Å². The van der Waals surface area contributed by atoms with Crippen molar-refractivity contribution in [3.8, 4) is 0 Å². The molecule has 2 N–H and O–H groups in total. The number of piperidine rings is 1. The fourth-order valence-electron chi connectivity index (χ4n) is 3.12. The highest BCUT2D eigenvalue weighted by atomic mass is 19.4. The molecule has 1 heterocycles. The topological polar surface area (TPSA) is 52.6 Å². The van der Waals surface area contributed by atoms with Crippen LogP contribution in [0, 0.1) is 11.8 Å². The van der Waals surface area contributed by atoms with Crippen LogP contribution >= 0.6 is 0 Å². The first-order valence-corrected chi connectivity index (χ1v) is 7.57. The summed E-state index contributed by atoms with van der Waals surface area (Å²) in [5.41, 5.74) is 0. The molecule has 1 saturated heterocycles. The minimum atomic E-state index is -4.18. The van der Waals surface area contributed by atoms with Gasteiger partial charge in [0.25, 0.3) is 0 Å². The van der Waals surface area contributed by atoms with Crippen molar-refractivity contribution in [1.29, 1.82) is 0 Å². The maximum absolute atomic E-state index is 12.7. The van der Waals surface area contributed by atoms with Gasteiger partial charge >= 0.3 is 12.2 Å². The third kappa shape index (κ3) is 4.25. The molecule has 7 heteroatoms. The maximum Gasteiger partial charge on any atom is 0.391 e. The number of aliphatic hydroxyl groups excluding tert-OH is 1. The van der Waals surface area contributed by atoms with Crippen LogP contribution in [0.25, 0.3) is 0 Å². The molecule has 2 rings (SSSR count). The highest BCUT2D eigenvalue weighted by molar-refractivity contribution is 5.74. The predicted molar refractivity (Wildman–Crippen MR) is 71.7 cm³/mol. The van der Waals surface area contributed by atoms with Crippen LogP contribution in [0.5, 0.6) is 0 Å². The average Bonchev–Trinajstić information content (AvgIpc) is 2.41. The van der Waals surface area contributed by atoms with E-state index in [1.807, 2.05) is 6.92 Å². The predicted octanol–water partition coefficient (Wildman–Crippen LogP) is 2.52. The number of carbonyl (C=O) groups excluding carboxylic acids is 1. The summed E-state index contributed by atoms with van der Waals surface area (Å²) in [6.07, 6.45) is -2.85. The lowest BCUT2D eigenvalue weighted by atomic mass is 9.85. The molecule has 2 fully saturated rings. The summed E-state index contributed by atoms with van der Waals surface area (Å²) in [5.74, 6) is -1.16. The number of aliphatic hydroxyl groups is 1. The van der Waals surface area contributed by atoms with Gasteiger partial charge in [-0.05, 0) is 31.6 Å². The number of hydrogen-bond acceptors (Lipinski definition) is 2. The lowest BCUT2D eigenvalue weighted by Crippen LogP contribution is -2.52. The molecule has 0 aromatic rings. The first-order chi connectivity index (χ1) is 9.77. The van der Waals surface area contributed by atoms with Crippen molar-refractivity contribution in [2.75, 3.05) is 13.1 Å². The van der Waals surface area contributed by atoms with E-state index in [0.717, 1.165) is 0 Å². The monoisotopic (exact) mass is 308 g/mol. The van der Waals surface area contributed by atoms with Gasteiger partial charge in [0.05, 0.1) is 12.0 Å². The zero-order chi connectivity index (χ0) is 15.6. The molecule has 4 unspecified atom stereocenters. The van der Waals surface area contributed by atoms with Crippen molar-refractivity contribution in [2.45, 2.75) is 57.3 Å². The van der Waals surface area contributed by atoms with Gasteiger partial charge in [0.15, 0.2) is 0 Å². The average molecular weight is 308 g/mol. The number of halogens is 3. The highest BCUT2D eigenvalue weighted by Crippen LogP contribution is 2.37. The van der Waals surface area contributed by atoms with E-state index >= 15 is 0 Å². The molecule has 21 heavy (non-hydrogen) atoms. The Kier molecular flexibility index (Phi) is 5.01. The zero-order valence-electron chi connectivity index (χ0n) is 12.2. The van der Waals surface area contributed by atoms with Gasteiger partial charge in [-0.15, -0.1) is 0 Å². The molecule has 122 valence electrons. The number of amides is 2. The lowest BCUT2D eigenvalue weighted by Gasteiger charge is -2.36. The van der Waals surface area contributed by atoms with Crippen LogP contribution in [0.4, 0.5) is 18.0 Å². The number of urea groups is 1. The Morgan fingerprint density at radius 2 is 2.00 bits per heavy atom. The SMILES string of the molecule is CC1CCN(C(=O)NC2CCCC(C(F)(F)F)C2)CC1O. The first kappa shape index (κ1) is 16.4. The molecule has 1 saturated carbocycles. The highest BCUT2D eigenvalue weighted by Gasteiger charge is 2.42. The number of alkyl halides is 3. The maximum atomic E-state index is 12.7. The summed E-state index contributed by atoms with van der Waals surface area (Å²) in [4.78, 5) is 13.6. The second-order valence-corrected chi connectivity index (χ2v) is 6.33. The van der Waals surface area contributed by atoms with Gasteiger partial charge in [0.2, 0.25) is 0 Å². The van der Waals surface area contributed by atoms with Gasteiger partial charge in [0.1, 0.15) is 0 Å². The van der Waals surface area contributed by atoms with Crippen LogP contribution in [0.3, 0.4) is 0 Å². The standard InChI is InChI=1S/C14H23F3N2O2/c1-9-5-6-19(8-12(9)20)13(21)18-11-4-2-3-10(7-11)14(15,16)17/h9-12,20H,2-8H2,1H3,(H,18,21). The Labute approximate surface area is 122 Å². The number of carbonyl (C=O) groups is 1. The molecular weight excluding hydrogens is 285 g/mol. The number of hydrogen-bond donors (Lipinski definition) is 2.